The van der Waals surface area contributed by atoms with E-state index in [4.69, 9.17) is 23.2 Å². The maximum absolute atomic E-state index is 5.93. The van der Waals surface area contributed by atoms with Crippen LogP contribution in [-0.2, 0) is 12.3 Å². The Bertz CT molecular complexity index is 787. The summed E-state index contributed by atoms with van der Waals surface area (Å²) in [6.45, 7) is 2.85. The topological polar surface area (TPSA) is 56.5 Å². The van der Waals surface area contributed by atoms with E-state index >= 15 is 0 Å². The van der Waals surface area contributed by atoms with Crippen LogP contribution in [0.3, 0.4) is 0 Å². The van der Waals surface area contributed by atoms with Gasteiger partial charge in [0.05, 0.1) is 0 Å². The van der Waals surface area contributed by atoms with Gasteiger partial charge in [0.1, 0.15) is 10.3 Å². The molecule has 3 aromatic heterocycles. The fourth-order valence-corrected chi connectivity index (χ4v) is 3.58. The smallest absolute Gasteiger partial charge is 0.191 e. The van der Waals surface area contributed by atoms with Crippen LogP contribution in [0, 0.1) is 0 Å². The number of hydrogen-bond donors (Lipinski definition) is 0. The molecule has 0 aliphatic heterocycles. The molecular formula is C15H13Cl2N5S. The molecule has 8 heteroatoms. The molecular weight excluding hydrogens is 353 g/mol. The van der Waals surface area contributed by atoms with Gasteiger partial charge in [0.2, 0.25) is 0 Å². The maximum atomic E-state index is 5.93. The highest BCUT2D eigenvalue weighted by Crippen LogP contribution is 2.27. The van der Waals surface area contributed by atoms with Gasteiger partial charge in [-0.15, -0.1) is 10.2 Å². The number of rotatable bonds is 5. The molecule has 5 nitrogen and oxygen atoms in total. The molecule has 0 bridgehead atoms. The van der Waals surface area contributed by atoms with E-state index in [-0.39, 0.29) is 0 Å². The molecule has 0 saturated carbocycles. The Morgan fingerprint density at radius 1 is 1.09 bits per heavy atom. The van der Waals surface area contributed by atoms with Crippen LogP contribution >= 0.6 is 35.0 Å². The predicted molar refractivity (Wildman–Crippen MR) is 92.7 cm³/mol. The van der Waals surface area contributed by atoms with Gasteiger partial charge in [-0.25, -0.2) is 4.98 Å². The minimum atomic E-state index is 0.391. The summed E-state index contributed by atoms with van der Waals surface area (Å²) in [5, 5.41) is 10.2. The molecule has 0 amide bonds. The zero-order chi connectivity index (χ0) is 16.2. The molecule has 3 heterocycles. The fourth-order valence-electron chi connectivity index (χ4n) is 2.14. The number of nitrogens with zero attached hydrogens (tertiary/aromatic N) is 5. The van der Waals surface area contributed by atoms with E-state index in [1.165, 1.54) is 0 Å². The summed E-state index contributed by atoms with van der Waals surface area (Å²) < 4.78 is 2.07. The van der Waals surface area contributed by atoms with Crippen molar-refractivity contribution in [1.82, 2.24) is 24.7 Å². The number of aromatic nitrogens is 5. The quantitative estimate of drug-likeness (QED) is 0.496. The molecule has 3 aromatic rings. The van der Waals surface area contributed by atoms with Crippen LogP contribution in [0.5, 0.6) is 0 Å². The minimum absolute atomic E-state index is 0.391. The van der Waals surface area contributed by atoms with Crippen molar-refractivity contribution >= 4 is 35.0 Å². The Morgan fingerprint density at radius 3 is 2.43 bits per heavy atom. The summed E-state index contributed by atoms with van der Waals surface area (Å²) in [4.78, 5) is 7.98. The Balaban J connectivity index is 1.82. The summed E-state index contributed by atoms with van der Waals surface area (Å²) in [6.07, 6.45) is 3.50. The second kappa shape index (κ2) is 7.29. The van der Waals surface area contributed by atoms with Crippen molar-refractivity contribution in [2.75, 3.05) is 0 Å². The molecule has 0 aliphatic carbocycles. The molecule has 0 saturated heterocycles. The molecule has 0 aliphatic rings. The lowest BCUT2D eigenvalue weighted by Gasteiger charge is -2.07. The SMILES string of the molecule is CCn1c(SCc2cc(Cl)nc(Cl)c2)nnc1-c1ccncc1. The molecule has 0 N–H and O–H groups in total. The van der Waals surface area contributed by atoms with Gasteiger partial charge in [0, 0.05) is 30.3 Å². The number of halogens is 2. The zero-order valence-corrected chi connectivity index (χ0v) is 14.6. The van der Waals surface area contributed by atoms with Gasteiger partial charge in [0.15, 0.2) is 11.0 Å². The fraction of sp³-hybridized carbons (Fsp3) is 0.200. The minimum Gasteiger partial charge on any atom is -0.302 e. The van der Waals surface area contributed by atoms with Gasteiger partial charge in [-0.2, -0.15) is 0 Å². The molecule has 23 heavy (non-hydrogen) atoms. The van der Waals surface area contributed by atoms with Gasteiger partial charge < -0.3 is 4.57 Å². The second-order valence-corrected chi connectivity index (χ2v) is 6.41. The first kappa shape index (κ1) is 16.2. The lowest BCUT2D eigenvalue weighted by Crippen LogP contribution is -2.00. The molecule has 0 fully saturated rings. The van der Waals surface area contributed by atoms with Crippen LogP contribution in [-0.4, -0.2) is 24.7 Å². The predicted octanol–water partition coefficient (Wildman–Crippen LogP) is 4.35. The molecule has 0 atom stereocenters. The molecule has 118 valence electrons. The van der Waals surface area contributed by atoms with E-state index in [9.17, 15) is 0 Å². The monoisotopic (exact) mass is 365 g/mol. The molecule has 0 spiro atoms. The van der Waals surface area contributed by atoms with Crippen molar-refractivity contribution in [3.8, 4) is 11.4 Å². The average molecular weight is 366 g/mol. The van der Waals surface area contributed by atoms with E-state index < -0.39 is 0 Å². The Morgan fingerprint density at radius 2 is 1.78 bits per heavy atom. The number of hydrogen-bond acceptors (Lipinski definition) is 5. The lowest BCUT2D eigenvalue weighted by atomic mass is 10.2. The van der Waals surface area contributed by atoms with Crippen molar-refractivity contribution in [2.24, 2.45) is 0 Å². The van der Waals surface area contributed by atoms with E-state index in [0.29, 0.717) is 16.1 Å². The second-order valence-electron chi connectivity index (χ2n) is 4.70. The van der Waals surface area contributed by atoms with Crippen LogP contribution < -0.4 is 0 Å². The van der Waals surface area contributed by atoms with Gasteiger partial charge in [-0.1, -0.05) is 35.0 Å². The molecule has 0 aromatic carbocycles. The normalized spacial score (nSPS) is 10.9. The standard InChI is InChI=1S/C15H13Cl2N5S/c1-2-22-14(11-3-5-18-6-4-11)20-21-15(22)23-9-10-7-12(16)19-13(17)8-10/h3-8H,2,9H2,1H3. The Labute approximate surface area is 148 Å². The first-order chi connectivity index (χ1) is 11.2. The summed E-state index contributed by atoms with van der Waals surface area (Å²) in [6, 6.07) is 7.45. The number of thioether (sulfide) groups is 1. The first-order valence-corrected chi connectivity index (χ1v) is 8.70. The molecule has 0 unspecified atom stereocenters. The highest BCUT2D eigenvalue weighted by atomic mass is 35.5. The van der Waals surface area contributed by atoms with E-state index in [1.807, 2.05) is 12.1 Å². The summed E-state index contributed by atoms with van der Waals surface area (Å²) >= 11 is 13.4. The van der Waals surface area contributed by atoms with Gasteiger partial charge >= 0.3 is 0 Å². The van der Waals surface area contributed by atoms with Crippen LogP contribution in [0.2, 0.25) is 10.3 Å². The summed E-state index contributed by atoms with van der Waals surface area (Å²) in [5.74, 6) is 1.53. The van der Waals surface area contributed by atoms with Crippen molar-refractivity contribution < 1.29 is 0 Å². The third-order valence-corrected chi connectivity index (χ3v) is 4.59. The van der Waals surface area contributed by atoms with Crippen molar-refractivity contribution in [3.05, 3.63) is 52.5 Å². The Hall–Kier alpha value is -1.63. The van der Waals surface area contributed by atoms with E-state index in [2.05, 4.69) is 31.7 Å². The lowest BCUT2D eigenvalue weighted by molar-refractivity contribution is 0.687. The average Bonchev–Trinajstić information content (AvgIpc) is 2.96. The van der Waals surface area contributed by atoms with Crippen molar-refractivity contribution in [2.45, 2.75) is 24.4 Å². The van der Waals surface area contributed by atoms with Gasteiger partial charge in [0.25, 0.3) is 0 Å². The third kappa shape index (κ3) is 3.83. The largest absolute Gasteiger partial charge is 0.302 e. The first-order valence-electron chi connectivity index (χ1n) is 6.95. The van der Waals surface area contributed by atoms with Crippen LogP contribution in [0.25, 0.3) is 11.4 Å². The van der Waals surface area contributed by atoms with Gasteiger partial charge in [-0.05, 0) is 36.8 Å². The van der Waals surface area contributed by atoms with Crippen molar-refractivity contribution in [1.29, 1.82) is 0 Å². The highest BCUT2D eigenvalue weighted by Gasteiger charge is 2.13. The molecule has 3 rings (SSSR count). The molecule has 0 radical (unpaired) electrons. The van der Waals surface area contributed by atoms with Crippen LogP contribution in [0.1, 0.15) is 12.5 Å². The third-order valence-electron chi connectivity index (χ3n) is 3.16. The van der Waals surface area contributed by atoms with E-state index in [1.54, 1.807) is 36.3 Å². The van der Waals surface area contributed by atoms with Crippen LogP contribution in [0.15, 0.2) is 41.8 Å². The number of pyridine rings is 2. The summed E-state index contributed by atoms with van der Waals surface area (Å²) in [7, 11) is 0. The van der Waals surface area contributed by atoms with Crippen LogP contribution in [0.4, 0.5) is 0 Å². The Kier molecular flexibility index (Phi) is 5.15. The zero-order valence-electron chi connectivity index (χ0n) is 12.3. The summed E-state index contributed by atoms with van der Waals surface area (Å²) in [5.41, 5.74) is 1.99. The highest BCUT2D eigenvalue weighted by molar-refractivity contribution is 7.98. The van der Waals surface area contributed by atoms with E-state index in [0.717, 1.165) is 28.7 Å². The van der Waals surface area contributed by atoms with Crippen molar-refractivity contribution in [3.63, 3.8) is 0 Å². The van der Waals surface area contributed by atoms with Gasteiger partial charge in [-0.3, -0.25) is 4.98 Å². The maximum Gasteiger partial charge on any atom is 0.191 e.